The van der Waals surface area contributed by atoms with E-state index in [9.17, 15) is 9.18 Å². The van der Waals surface area contributed by atoms with Crippen molar-refractivity contribution in [2.45, 2.75) is 6.54 Å². The zero-order valence-electron chi connectivity index (χ0n) is 14.1. The minimum atomic E-state index is -0.420. The van der Waals surface area contributed by atoms with E-state index in [1.165, 1.54) is 6.07 Å². The second-order valence-electron chi connectivity index (χ2n) is 5.43. The van der Waals surface area contributed by atoms with E-state index in [1.54, 1.807) is 37.4 Å². The maximum atomic E-state index is 13.6. The molecule has 1 aromatic heterocycles. The molecule has 0 aliphatic carbocycles. The number of anilines is 2. The van der Waals surface area contributed by atoms with Gasteiger partial charge in [0.2, 0.25) is 0 Å². The van der Waals surface area contributed by atoms with Gasteiger partial charge in [0.05, 0.1) is 7.11 Å². The maximum Gasteiger partial charge on any atom is 0.272 e. The van der Waals surface area contributed by atoms with Crippen molar-refractivity contribution in [1.82, 2.24) is 15.5 Å². The fourth-order valence-corrected chi connectivity index (χ4v) is 2.25. The molecular weight excluding hydrogens is 335 g/mol. The molecule has 0 aliphatic rings. The van der Waals surface area contributed by atoms with Crippen molar-refractivity contribution in [3.05, 3.63) is 77.7 Å². The first-order chi connectivity index (χ1) is 12.7. The van der Waals surface area contributed by atoms with Crippen molar-refractivity contribution in [3.8, 4) is 5.75 Å². The lowest BCUT2D eigenvalue weighted by Crippen LogP contribution is -2.24. The van der Waals surface area contributed by atoms with E-state index in [-0.39, 0.29) is 18.1 Å². The van der Waals surface area contributed by atoms with Gasteiger partial charge in [-0.25, -0.2) is 4.39 Å². The molecule has 0 radical (unpaired) electrons. The lowest BCUT2D eigenvalue weighted by molar-refractivity contribution is 0.0944. The fraction of sp³-hybridized carbons (Fsp3) is 0.105. The number of aromatic nitrogens is 2. The number of carbonyl (C=O) groups is 1. The first kappa shape index (κ1) is 17.3. The third-order valence-electron chi connectivity index (χ3n) is 3.66. The summed E-state index contributed by atoms with van der Waals surface area (Å²) in [5.74, 6) is 0.471. The number of rotatable bonds is 6. The van der Waals surface area contributed by atoms with E-state index in [2.05, 4.69) is 20.8 Å². The Morgan fingerprint density at radius 1 is 1.04 bits per heavy atom. The summed E-state index contributed by atoms with van der Waals surface area (Å²) in [6.45, 7) is 0.0824. The topological polar surface area (TPSA) is 76.1 Å². The third kappa shape index (κ3) is 4.32. The van der Waals surface area contributed by atoms with Gasteiger partial charge in [0, 0.05) is 17.8 Å². The van der Waals surface area contributed by atoms with Gasteiger partial charge in [-0.05, 0) is 42.5 Å². The molecule has 2 aromatic carbocycles. The molecule has 2 N–H and O–H groups in total. The van der Waals surface area contributed by atoms with Gasteiger partial charge in [0.15, 0.2) is 11.5 Å². The highest BCUT2D eigenvalue weighted by Crippen LogP contribution is 2.18. The van der Waals surface area contributed by atoms with Crippen molar-refractivity contribution in [2.75, 3.05) is 12.4 Å². The first-order valence-corrected chi connectivity index (χ1v) is 7.92. The summed E-state index contributed by atoms with van der Waals surface area (Å²) in [7, 11) is 1.60. The average molecular weight is 352 g/mol. The Hall–Kier alpha value is -3.48. The summed E-state index contributed by atoms with van der Waals surface area (Å²) in [6.07, 6.45) is 0. The number of benzene rings is 2. The van der Waals surface area contributed by atoms with Crippen LogP contribution in [0.4, 0.5) is 15.9 Å². The van der Waals surface area contributed by atoms with E-state index < -0.39 is 5.91 Å². The van der Waals surface area contributed by atoms with Gasteiger partial charge in [-0.15, -0.1) is 10.2 Å². The molecule has 0 atom stereocenters. The van der Waals surface area contributed by atoms with E-state index in [0.29, 0.717) is 11.4 Å². The SMILES string of the molecule is COc1ccc(Nc2ccc(C(=O)NCc3ccccc3F)nn2)cc1. The minimum absolute atomic E-state index is 0.0824. The fourth-order valence-electron chi connectivity index (χ4n) is 2.25. The molecule has 6 nitrogen and oxygen atoms in total. The predicted molar refractivity (Wildman–Crippen MR) is 95.9 cm³/mol. The molecule has 0 saturated heterocycles. The van der Waals surface area contributed by atoms with Crippen LogP contribution in [-0.4, -0.2) is 23.2 Å². The number of hydrogen-bond acceptors (Lipinski definition) is 5. The molecule has 0 spiro atoms. The number of carbonyl (C=O) groups excluding carboxylic acids is 1. The largest absolute Gasteiger partial charge is 0.497 e. The van der Waals surface area contributed by atoms with Crippen LogP contribution in [0.2, 0.25) is 0 Å². The zero-order valence-corrected chi connectivity index (χ0v) is 14.1. The number of hydrogen-bond donors (Lipinski definition) is 2. The van der Waals surface area contributed by atoms with E-state index >= 15 is 0 Å². The second-order valence-corrected chi connectivity index (χ2v) is 5.43. The molecule has 0 aliphatic heterocycles. The maximum absolute atomic E-state index is 13.6. The van der Waals surface area contributed by atoms with Crippen molar-refractivity contribution in [1.29, 1.82) is 0 Å². The minimum Gasteiger partial charge on any atom is -0.497 e. The third-order valence-corrected chi connectivity index (χ3v) is 3.66. The van der Waals surface area contributed by atoms with Crippen LogP contribution in [0.1, 0.15) is 16.1 Å². The number of nitrogens with zero attached hydrogens (tertiary/aromatic N) is 2. The van der Waals surface area contributed by atoms with Crippen LogP contribution in [0.5, 0.6) is 5.75 Å². The van der Waals surface area contributed by atoms with Gasteiger partial charge in [0.1, 0.15) is 11.6 Å². The van der Waals surface area contributed by atoms with Crippen LogP contribution in [0.3, 0.4) is 0 Å². The molecule has 26 heavy (non-hydrogen) atoms. The summed E-state index contributed by atoms with van der Waals surface area (Å²) in [5, 5.41) is 13.6. The Bertz CT molecular complexity index is 883. The lowest BCUT2D eigenvalue weighted by Gasteiger charge is -2.07. The molecule has 3 rings (SSSR count). The Kier molecular flexibility index (Phi) is 5.38. The smallest absolute Gasteiger partial charge is 0.272 e. The van der Waals surface area contributed by atoms with Crippen LogP contribution in [0.15, 0.2) is 60.7 Å². The molecule has 132 valence electrons. The van der Waals surface area contributed by atoms with Gasteiger partial charge in [-0.2, -0.15) is 0 Å². The van der Waals surface area contributed by atoms with Gasteiger partial charge in [0.25, 0.3) is 5.91 Å². The van der Waals surface area contributed by atoms with Crippen molar-refractivity contribution < 1.29 is 13.9 Å². The van der Waals surface area contributed by atoms with Gasteiger partial charge >= 0.3 is 0 Å². The van der Waals surface area contributed by atoms with E-state index in [1.807, 2.05) is 24.3 Å². The average Bonchev–Trinajstić information content (AvgIpc) is 2.68. The Labute approximate surface area is 150 Å². The molecule has 0 saturated carbocycles. The summed E-state index contributed by atoms with van der Waals surface area (Å²) < 4.78 is 18.7. The summed E-state index contributed by atoms with van der Waals surface area (Å²) in [4.78, 5) is 12.1. The quantitative estimate of drug-likeness (QED) is 0.712. The van der Waals surface area contributed by atoms with Gasteiger partial charge < -0.3 is 15.4 Å². The number of halogens is 1. The molecule has 1 amide bonds. The van der Waals surface area contributed by atoms with Gasteiger partial charge in [-0.3, -0.25) is 4.79 Å². The number of ether oxygens (including phenoxy) is 1. The summed E-state index contributed by atoms with van der Waals surface area (Å²) in [5.41, 5.74) is 1.38. The monoisotopic (exact) mass is 352 g/mol. The molecule has 3 aromatic rings. The Morgan fingerprint density at radius 2 is 1.81 bits per heavy atom. The van der Waals surface area contributed by atoms with Crippen LogP contribution < -0.4 is 15.4 Å². The highest BCUT2D eigenvalue weighted by atomic mass is 19.1. The Balaban J connectivity index is 1.59. The van der Waals surface area contributed by atoms with Crippen LogP contribution in [0.25, 0.3) is 0 Å². The van der Waals surface area contributed by atoms with Crippen LogP contribution in [-0.2, 0) is 6.54 Å². The lowest BCUT2D eigenvalue weighted by atomic mass is 10.2. The van der Waals surface area contributed by atoms with Crippen molar-refractivity contribution >= 4 is 17.4 Å². The van der Waals surface area contributed by atoms with Crippen molar-refractivity contribution in [3.63, 3.8) is 0 Å². The highest BCUT2D eigenvalue weighted by molar-refractivity contribution is 5.92. The Morgan fingerprint density at radius 3 is 2.46 bits per heavy atom. The number of amides is 1. The molecular formula is C19H17FN4O2. The molecule has 0 unspecified atom stereocenters. The molecule has 1 heterocycles. The first-order valence-electron chi connectivity index (χ1n) is 7.92. The van der Waals surface area contributed by atoms with Crippen LogP contribution >= 0.6 is 0 Å². The summed E-state index contributed by atoms with van der Waals surface area (Å²) in [6, 6.07) is 16.8. The van der Waals surface area contributed by atoms with Crippen molar-refractivity contribution in [2.24, 2.45) is 0 Å². The second kappa shape index (κ2) is 8.06. The molecule has 0 bridgehead atoms. The number of methoxy groups -OCH3 is 1. The van der Waals surface area contributed by atoms with Crippen LogP contribution in [0, 0.1) is 5.82 Å². The number of nitrogens with one attached hydrogen (secondary N) is 2. The van der Waals surface area contributed by atoms with E-state index in [0.717, 1.165) is 11.4 Å². The summed E-state index contributed by atoms with van der Waals surface area (Å²) >= 11 is 0. The normalized spacial score (nSPS) is 10.2. The van der Waals surface area contributed by atoms with Gasteiger partial charge in [-0.1, -0.05) is 18.2 Å². The molecule has 7 heteroatoms. The van der Waals surface area contributed by atoms with E-state index in [4.69, 9.17) is 4.74 Å². The predicted octanol–water partition coefficient (Wildman–Crippen LogP) is 3.30. The highest BCUT2D eigenvalue weighted by Gasteiger charge is 2.09. The molecule has 0 fully saturated rings. The zero-order chi connectivity index (χ0) is 18.4. The standard InChI is InChI=1S/C19H17FN4O2/c1-26-15-8-6-14(7-9-15)22-18-11-10-17(23-24-18)19(25)21-12-13-4-2-3-5-16(13)20/h2-11H,12H2,1H3,(H,21,25)(H,22,24).